The van der Waals surface area contributed by atoms with E-state index >= 15 is 0 Å². The minimum atomic E-state index is -0.161. The number of quaternary nitrogens is 1. The lowest BCUT2D eigenvalue weighted by atomic mass is 10.5. The zero-order chi connectivity index (χ0) is 8.91. The Hall–Kier alpha value is -0.320. The van der Waals surface area contributed by atoms with E-state index in [2.05, 4.69) is 26.6 Å². The molecule has 0 saturated heterocycles. The Bertz CT molecular complexity index is 134. The maximum atomic E-state index is 10.3. The van der Waals surface area contributed by atoms with Gasteiger partial charge in [0.05, 0.1) is 21.1 Å². The second-order valence-corrected chi connectivity index (χ2v) is 3.52. The van der Waals surface area contributed by atoms with Gasteiger partial charge in [-0.15, -0.1) is 0 Å². The number of hydrogen-bond donors (Lipinski definition) is 1. The Morgan fingerprint density at radius 3 is 2.25 bits per heavy atom. The summed E-state index contributed by atoms with van der Waals surface area (Å²) in [7, 11) is 6.20. The number of likely N-dealkylation sites (N-methyl/N-ethyl adjacent to an activating group) is 1. The van der Waals surface area contributed by atoms with E-state index in [1.165, 1.54) is 6.92 Å². The molecule has 0 bridgehead atoms. The van der Waals surface area contributed by atoms with Gasteiger partial charge in [0, 0.05) is 6.92 Å². The number of carbonyl (C=O) groups excluding carboxylic acids is 1. The highest BCUT2D eigenvalue weighted by Crippen LogP contribution is 1.87. The molecule has 0 aromatic heterocycles. The van der Waals surface area contributed by atoms with Gasteiger partial charge in [-0.25, -0.2) is 5.48 Å². The van der Waals surface area contributed by atoms with Crippen LogP contribution in [-0.2, 0) is 9.63 Å². The van der Waals surface area contributed by atoms with Gasteiger partial charge in [-0.05, 0) is 0 Å². The van der Waals surface area contributed by atoms with Gasteiger partial charge < -0.3 is 16.9 Å². The lowest BCUT2D eigenvalue weighted by Gasteiger charge is -2.23. The third-order valence-electron chi connectivity index (χ3n) is 1.08. The van der Waals surface area contributed by atoms with E-state index in [1.807, 2.05) is 0 Å². The van der Waals surface area contributed by atoms with Crippen molar-refractivity contribution in [2.45, 2.75) is 6.92 Å². The van der Waals surface area contributed by atoms with Gasteiger partial charge in [0.2, 0.25) is 5.91 Å². The van der Waals surface area contributed by atoms with Crippen LogP contribution < -0.4 is 17.9 Å². The average molecular weight is 197 g/mol. The standard InChI is InChI=1S/C7H16N2O2.ClH/c1-7(10)8-11-6-5-9(2,3)4;/h5-6H2,1-4H3;1H. The molecule has 1 N–H and O–H groups in total. The molecule has 0 heterocycles. The zero-order valence-corrected chi connectivity index (χ0v) is 8.81. The number of halogens is 1. The van der Waals surface area contributed by atoms with Crippen molar-refractivity contribution >= 4 is 5.91 Å². The Labute approximate surface area is 79.8 Å². The zero-order valence-electron chi connectivity index (χ0n) is 8.06. The number of nitrogens with zero attached hydrogens (tertiary/aromatic N) is 1. The van der Waals surface area contributed by atoms with Crippen LogP contribution in [0.3, 0.4) is 0 Å². The minimum Gasteiger partial charge on any atom is -1.00 e. The average Bonchev–Trinajstić information content (AvgIpc) is 1.78. The van der Waals surface area contributed by atoms with Gasteiger partial charge >= 0.3 is 0 Å². The van der Waals surface area contributed by atoms with E-state index in [0.29, 0.717) is 6.61 Å². The highest BCUT2D eigenvalue weighted by molar-refractivity contribution is 5.71. The number of carbonyl (C=O) groups is 1. The van der Waals surface area contributed by atoms with E-state index < -0.39 is 0 Å². The van der Waals surface area contributed by atoms with Crippen molar-refractivity contribution in [1.82, 2.24) is 5.48 Å². The van der Waals surface area contributed by atoms with E-state index in [0.717, 1.165) is 11.0 Å². The van der Waals surface area contributed by atoms with E-state index in [9.17, 15) is 4.79 Å². The maximum Gasteiger partial charge on any atom is 0.240 e. The molecule has 0 aliphatic heterocycles. The molecule has 74 valence electrons. The van der Waals surface area contributed by atoms with Gasteiger partial charge in [0.1, 0.15) is 13.2 Å². The number of hydrogen-bond acceptors (Lipinski definition) is 2. The second-order valence-electron chi connectivity index (χ2n) is 3.52. The van der Waals surface area contributed by atoms with Gasteiger partial charge in [-0.1, -0.05) is 0 Å². The summed E-state index contributed by atoms with van der Waals surface area (Å²) in [4.78, 5) is 15.2. The molecule has 0 rings (SSSR count). The molecule has 12 heavy (non-hydrogen) atoms. The first-order valence-corrected chi connectivity index (χ1v) is 3.60. The van der Waals surface area contributed by atoms with E-state index in [-0.39, 0.29) is 18.3 Å². The molecule has 4 nitrogen and oxygen atoms in total. The Kier molecular flexibility index (Phi) is 7.37. The van der Waals surface area contributed by atoms with Crippen LogP contribution in [0.1, 0.15) is 6.92 Å². The molecule has 1 amide bonds. The van der Waals surface area contributed by atoms with Crippen molar-refractivity contribution in [2.24, 2.45) is 0 Å². The molecule has 0 aliphatic rings. The van der Waals surface area contributed by atoms with Crippen molar-refractivity contribution < 1.29 is 26.5 Å². The van der Waals surface area contributed by atoms with Crippen LogP contribution in [0.4, 0.5) is 0 Å². The van der Waals surface area contributed by atoms with Crippen LogP contribution in [0.25, 0.3) is 0 Å². The fourth-order valence-electron chi connectivity index (χ4n) is 0.472. The summed E-state index contributed by atoms with van der Waals surface area (Å²) in [6.45, 7) is 2.84. The van der Waals surface area contributed by atoms with E-state index in [4.69, 9.17) is 4.84 Å². The Morgan fingerprint density at radius 1 is 1.42 bits per heavy atom. The predicted molar refractivity (Wildman–Crippen MR) is 42.7 cm³/mol. The molecule has 0 aliphatic carbocycles. The summed E-state index contributed by atoms with van der Waals surface area (Å²) in [5.41, 5.74) is 2.27. The molecular formula is C7H17ClN2O2. The first-order chi connectivity index (χ1) is 4.92. The lowest BCUT2D eigenvalue weighted by Crippen LogP contribution is -3.00. The van der Waals surface area contributed by atoms with Crippen molar-refractivity contribution in [1.29, 1.82) is 0 Å². The third kappa shape index (κ3) is 12.4. The molecule has 0 aromatic carbocycles. The maximum absolute atomic E-state index is 10.3. The van der Waals surface area contributed by atoms with E-state index in [1.54, 1.807) is 0 Å². The van der Waals surface area contributed by atoms with Crippen LogP contribution in [0.15, 0.2) is 0 Å². The van der Waals surface area contributed by atoms with Gasteiger partial charge in [0.15, 0.2) is 0 Å². The molecule has 0 fully saturated rings. The predicted octanol–water partition coefficient (Wildman–Crippen LogP) is -3.24. The fourth-order valence-corrected chi connectivity index (χ4v) is 0.472. The lowest BCUT2D eigenvalue weighted by molar-refractivity contribution is -0.870. The summed E-state index contributed by atoms with van der Waals surface area (Å²) >= 11 is 0. The molecular weight excluding hydrogens is 180 g/mol. The minimum absolute atomic E-state index is 0. The SMILES string of the molecule is CC(=O)NOCC[N+](C)(C)C.[Cl-]. The van der Waals surface area contributed by atoms with Crippen molar-refractivity contribution in [3.8, 4) is 0 Å². The molecule has 0 saturated carbocycles. The summed E-state index contributed by atoms with van der Waals surface area (Å²) < 4.78 is 0.833. The summed E-state index contributed by atoms with van der Waals surface area (Å²) in [5.74, 6) is -0.161. The van der Waals surface area contributed by atoms with Crippen LogP contribution in [-0.4, -0.2) is 44.7 Å². The van der Waals surface area contributed by atoms with Gasteiger partial charge in [-0.2, -0.15) is 0 Å². The quantitative estimate of drug-likeness (QED) is 0.292. The molecule has 0 radical (unpaired) electrons. The van der Waals surface area contributed by atoms with Crippen molar-refractivity contribution in [3.63, 3.8) is 0 Å². The first kappa shape index (κ1) is 14.2. The normalized spacial score (nSPS) is 10.3. The molecule has 0 spiro atoms. The van der Waals surface area contributed by atoms with Crippen LogP contribution in [0.2, 0.25) is 0 Å². The monoisotopic (exact) mass is 196 g/mol. The summed E-state index contributed by atoms with van der Waals surface area (Å²) in [5, 5.41) is 0. The third-order valence-corrected chi connectivity index (χ3v) is 1.08. The van der Waals surface area contributed by atoms with Gasteiger partial charge in [-0.3, -0.25) is 9.63 Å². The highest BCUT2D eigenvalue weighted by Gasteiger charge is 2.05. The molecule has 0 unspecified atom stereocenters. The van der Waals surface area contributed by atoms with Crippen LogP contribution in [0, 0.1) is 0 Å². The van der Waals surface area contributed by atoms with Crippen molar-refractivity contribution in [3.05, 3.63) is 0 Å². The molecule has 0 atom stereocenters. The molecule has 5 heteroatoms. The van der Waals surface area contributed by atoms with Crippen LogP contribution in [0.5, 0.6) is 0 Å². The first-order valence-electron chi connectivity index (χ1n) is 3.60. The number of hydroxylamine groups is 1. The topological polar surface area (TPSA) is 38.3 Å². The summed E-state index contributed by atoms with van der Waals surface area (Å²) in [6, 6.07) is 0. The Balaban J connectivity index is 0. The highest BCUT2D eigenvalue weighted by atomic mass is 35.5. The van der Waals surface area contributed by atoms with Crippen LogP contribution >= 0.6 is 0 Å². The number of amides is 1. The Morgan fingerprint density at radius 2 is 1.92 bits per heavy atom. The van der Waals surface area contributed by atoms with Crippen molar-refractivity contribution in [2.75, 3.05) is 34.3 Å². The largest absolute Gasteiger partial charge is 1.00 e. The van der Waals surface area contributed by atoms with Gasteiger partial charge in [0.25, 0.3) is 0 Å². The summed E-state index contributed by atoms with van der Waals surface area (Å²) in [6.07, 6.45) is 0. The number of nitrogens with one attached hydrogen (secondary N) is 1. The smallest absolute Gasteiger partial charge is 0.240 e. The fraction of sp³-hybridized carbons (Fsp3) is 0.857. The molecule has 0 aromatic rings. The second kappa shape index (κ2) is 6.22. The number of rotatable bonds is 4.